The van der Waals surface area contributed by atoms with Gasteiger partial charge in [-0.25, -0.2) is 0 Å². The maximum Gasteiger partial charge on any atom is 0.262 e. The molecule has 0 amide bonds. The molecule has 4 aromatic rings. The summed E-state index contributed by atoms with van der Waals surface area (Å²) >= 11 is 7.38. The van der Waals surface area contributed by atoms with Crippen LogP contribution in [-0.4, -0.2) is 9.13 Å². The molecule has 2 heterocycles. The molecule has 0 saturated carbocycles. The summed E-state index contributed by atoms with van der Waals surface area (Å²) in [4.78, 5) is 57.5. The first-order valence-corrected chi connectivity index (χ1v) is 27.5. The van der Waals surface area contributed by atoms with Gasteiger partial charge in [-0.3, -0.25) is 28.3 Å². The van der Waals surface area contributed by atoms with E-state index in [1.54, 1.807) is 0 Å². The highest BCUT2D eigenvalue weighted by Gasteiger charge is 2.26. The zero-order chi connectivity index (χ0) is 44.7. The van der Waals surface area contributed by atoms with Crippen molar-refractivity contribution in [3.05, 3.63) is 62.5 Å². The van der Waals surface area contributed by atoms with E-state index in [4.69, 9.17) is 0 Å². The molecular weight excluding hydrogens is 900 g/mol. The predicted octanol–water partition coefficient (Wildman–Crippen LogP) is 16.4. The van der Waals surface area contributed by atoms with E-state index < -0.39 is 0 Å². The Bertz CT molecular complexity index is 1960. The molecule has 0 aliphatic rings. The van der Waals surface area contributed by atoms with Gasteiger partial charge in [-0.1, -0.05) is 207 Å². The van der Waals surface area contributed by atoms with Crippen molar-refractivity contribution in [1.29, 1.82) is 0 Å². The monoisotopic (exact) mass is 982 g/mol. The maximum atomic E-state index is 14.5. The van der Waals surface area contributed by atoms with Crippen molar-refractivity contribution in [1.82, 2.24) is 9.13 Å². The number of hydrogen-bond acceptors (Lipinski definition) is 4. The van der Waals surface area contributed by atoms with Crippen molar-refractivity contribution in [2.45, 2.75) is 246 Å². The molecule has 0 fully saturated rings. The van der Waals surface area contributed by atoms with Crippen LogP contribution < -0.4 is 22.2 Å². The minimum absolute atomic E-state index is 0.257. The van der Waals surface area contributed by atoms with Crippen LogP contribution in [0.2, 0.25) is 0 Å². The molecule has 6 nitrogen and oxygen atoms in total. The number of aromatic nitrogens is 2. The van der Waals surface area contributed by atoms with Gasteiger partial charge in [0.15, 0.2) is 0 Å². The van der Waals surface area contributed by atoms with Gasteiger partial charge in [-0.05, 0) is 92.3 Å². The highest BCUT2D eigenvalue weighted by molar-refractivity contribution is 9.11. The molecule has 2 unspecified atom stereocenters. The number of rotatable bonds is 36. The van der Waals surface area contributed by atoms with Crippen LogP contribution in [0.1, 0.15) is 233 Å². The lowest BCUT2D eigenvalue weighted by atomic mass is 9.94. The standard InChI is InChI=1S/C54H84Br2N2O4/c1-5-9-13-17-21-23-27-31-35-41(33-29-25-19-15-11-7-3)39-57-51(59)47-43-37-46(56)50-48(44(43)38-45(55)49(47)53(57)61)52(60)58(54(50)62)40-42(34-30-26-20-16-12-8-4)36-32-28-24-22-18-14-10-6-2/h37-38,41-42H,5-36,39-40H2,1-4H3. The first-order chi connectivity index (χ1) is 30.2. The summed E-state index contributed by atoms with van der Waals surface area (Å²) in [5.41, 5.74) is -1.10. The molecule has 0 radical (unpaired) electrons. The van der Waals surface area contributed by atoms with Crippen LogP contribution in [0.5, 0.6) is 0 Å². The van der Waals surface area contributed by atoms with E-state index in [1.165, 1.54) is 163 Å². The third kappa shape index (κ3) is 15.5. The molecular formula is C54H84Br2N2O4. The molecule has 0 aliphatic heterocycles. The molecule has 4 rings (SSSR count). The van der Waals surface area contributed by atoms with E-state index in [0.29, 0.717) is 54.4 Å². The van der Waals surface area contributed by atoms with Gasteiger partial charge < -0.3 is 0 Å². The lowest BCUT2D eigenvalue weighted by molar-refractivity contribution is 0.351. The minimum Gasteiger partial charge on any atom is -0.274 e. The second-order valence-corrected chi connectivity index (χ2v) is 20.8. The first kappa shape index (κ1) is 52.6. The van der Waals surface area contributed by atoms with Crippen molar-refractivity contribution in [2.75, 3.05) is 0 Å². The van der Waals surface area contributed by atoms with E-state index in [2.05, 4.69) is 59.6 Å². The van der Waals surface area contributed by atoms with Gasteiger partial charge in [-0.15, -0.1) is 0 Å². The average Bonchev–Trinajstić information content (AvgIpc) is 3.66. The Balaban J connectivity index is 1.62. The summed E-state index contributed by atoms with van der Waals surface area (Å²) in [5, 5.41) is 2.58. The van der Waals surface area contributed by atoms with Crippen LogP contribution in [0.15, 0.2) is 40.3 Å². The fraction of sp³-hybridized carbons (Fsp3) is 0.741. The number of nitrogens with zero attached hydrogens (tertiary/aromatic N) is 2. The third-order valence-corrected chi connectivity index (χ3v) is 15.2. The van der Waals surface area contributed by atoms with Gasteiger partial charge in [0.2, 0.25) is 0 Å². The van der Waals surface area contributed by atoms with Crippen LogP contribution in [0, 0.1) is 11.8 Å². The van der Waals surface area contributed by atoms with E-state index in [0.717, 1.165) is 51.4 Å². The van der Waals surface area contributed by atoms with Crippen molar-refractivity contribution >= 4 is 64.2 Å². The zero-order valence-electron chi connectivity index (χ0n) is 39.6. The van der Waals surface area contributed by atoms with Gasteiger partial charge in [0.1, 0.15) is 0 Å². The van der Waals surface area contributed by atoms with Crippen LogP contribution in [0.4, 0.5) is 0 Å². The maximum absolute atomic E-state index is 14.5. The molecule has 2 aromatic heterocycles. The number of unbranched alkanes of at least 4 members (excludes halogenated alkanes) is 24. The molecule has 2 aromatic carbocycles. The molecule has 0 bridgehead atoms. The molecule has 348 valence electrons. The quantitative estimate of drug-likeness (QED) is 0.0425. The fourth-order valence-electron chi connectivity index (χ4n) is 10.1. The Kier molecular flexibility index (Phi) is 25.0. The van der Waals surface area contributed by atoms with Crippen LogP contribution in [-0.2, 0) is 13.1 Å². The highest BCUT2D eigenvalue weighted by atomic mass is 79.9. The van der Waals surface area contributed by atoms with Crippen LogP contribution in [0.3, 0.4) is 0 Å². The second kappa shape index (κ2) is 29.5. The van der Waals surface area contributed by atoms with Crippen molar-refractivity contribution in [2.24, 2.45) is 11.8 Å². The van der Waals surface area contributed by atoms with Gasteiger partial charge in [0.05, 0.1) is 21.5 Å². The van der Waals surface area contributed by atoms with Crippen molar-refractivity contribution in [3.63, 3.8) is 0 Å². The van der Waals surface area contributed by atoms with E-state index in [-0.39, 0.29) is 34.1 Å². The van der Waals surface area contributed by atoms with E-state index in [1.807, 2.05) is 12.1 Å². The van der Waals surface area contributed by atoms with Gasteiger partial charge in [0, 0.05) is 22.0 Å². The zero-order valence-corrected chi connectivity index (χ0v) is 42.8. The average molecular weight is 985 g/mol. The Hall–Kier alpha value is -2.06. The van der Waals surface area contributed by atoms with Gasteiger partial charge in [0.25, 0.3) is 22.2 Å². The number of fused-ring (bicyclic) bond motifs is 5. The molecule has 2 atom stereocenters. The number of hydrogen-bond donors (Lipinski definition) is 0. The fourth-order valence-corrected chi connectivity index (χ4v) is 11.3. The Morgan fingerprint density at radius 2 is 0.581 bits per heavy atom. The summed E-state index contributed by atoms with van der Waals surface area (Å²) in [6, 6.07) is 3.62. The Morgan fingerprint density at radius 1 is 0.355 bits per heavy atom. The largest absolute Gasteiger partial charge is 0.274 e. The predicted molar refractivity (Wildman–Crippen MR) is 275 cm³/mol. The molecule has 0 saturated heterocycles. The van der Waals surface area contributed by atoms with E-state index in [9.17, 15) is 19.2 Å². The summed E-state index contributed by atoms with van der Waals surface area (Å²) in [7, 11) is 0. The lowest BCUT2D eigenvalue weighted by Gasteiger charge is -2.17. The first-order valence-electron chi connectivity index (χ1n) is 25.9. The van der Waals surface area contributed by atoms with Crippen LogP contribution in [0.25, 0.3) is 32.3 Å². The smallest absolute Gasteiger partial charge is 0.262 e. The summed E-state index contributed by atoms with van der Waals surface area (Å²) in [6.07, 6.45) is 38.8. The normalized spacial score (nSPS) is 13.1. The van der Waals surface area contributed by atoms with E-state index >= 15 is 0 Å². The summed E-state index contributed by atoms with van der Waals surface area (Å²) in [6.45, 7) is 9.84. The Morgan fingerprint density at radius 3 is 0.839 bits per heavy atom. The molecule has 0 N–H and O–H groups in total. The van der Waals surface area contributed by atoms with Crippen molar-refractivity contribution in [3.8, 4) is 0 Å². The SMILES string of the molecule is CCCCCCCCCCC(CCCCCCCC)Cn1c(=O)c2c(Br)cc3c(cc(Br)c4c(=O)n(CC(CCCCCCCC)CCCCCCCCCC)c(=O)c43)c2c1=O. The third-order valence-electron chi connectivity index (χ3n) is 13.9. The summed E-state index contributed by atoms with van der Waals surface area (Å²) < 4.78 is 3.99. The molecule has 0 spiro atoms. The molecule has 8 heteroatoms. The van der Waals surface area contributed by atoms with Crippen LogP contribution >= 0.6 is 31.9 Å². The van der Waals surface area contributed by atoms with Gasteiger partial charge in [-0.2, -0.15) is 0 Å². The molecule has 0 aliphatic carbocycles. The lowest BCUT2D eigenvalue weighted by Crippen LogP contribution is -2.29. The highest BCUT2D eigenvalue weighted by Crippen LogP contribution is 2.36. The second-order valence-electron chi connectivity index (χ2n) is 19.1. The topological polar surface area (TPSA) is 78.1 Å². The Labute approximate surface area is 391 Å². The number of halogens is 2. The van der Waals surface area contributed by atoms with Crippen molar-refractivity contribution < 1.29 is 0 Å². The minimum atomic E-state index is -0.287. The molecule has 62 heavy (non-hydrogen) atoms. The number of benzene rings is 2. The summed E-state index contributed by atoms with van der Waals surface area (Å²) in [5.74, 6) is 0.514. The van der Waals surface area contributed by atoms with Gasteiger partial charge >= 0.3 is 0 Å².